The number of hydrogen-bond acceptors (Lipinski definition) is 9. The predicted molar refractivity (Wildman–Crippen MR) is 158 cm³/mol. The molecule has 12 heteroatoms. The first-order chi connectivity index (χ1) is 19.6. The smallest absolute Gasteiger partial charge is 0.326 e. The van der Waals surface area contributed by atoms with Gasteiger partial charge in [-0.05, 0) is 73.1 Å². The van der Waals surface area contributed by atoms with Crippen LogP contribution in [0.4, 0.5) is 5.69 Å². The van der Waals surface area contributed by atoms with E-state index in [-0.39, 0.29) is 18.0 Å². The molecule has 0 aromatic heterocycles. The topological polar surface area (TPSA) is 152 Å². The second kappa shape index (κ2) is 14.1. The maximum Gasteiger partial charge on any atom is 0.326 e. The lowest BCUT2D eigenvalue weighted by Gasteiger charge is -2.19. The quantitative estimate of drug-likeness (QED) is 0.292. The molecule has 1 aliphatic carbocycles. The van der Waals surface area contributed by atoms with Crippen molar-refractivity contribution in [3.63, 3.8) is 0 Å². The van der Waals surface area contributed by atoms with Crippen molar-refractivity contribution in [3.05, 3.63) is 45.6 Å². The molecule has 0 bridgehead atoms. The highest BCUT2D eigenvalue weighted by molar-refractivity contribution is 7.98. The Bertz CT molecular complexity index is 1370. The second-order valence-electron chi connectivity index (χ2n) is 9.64. The maximum absolute atomic E-state index is 13.5. The largest absolute Gasteiger partial charge is 0.493 e. The third-order valence-corrected chi connectivity index (χ3v) is 7.55. The number of carboxylic acids is 1. The zero-order chi connectivity index (χ0) is 30.3. The molecule has 0 unspecified atom stereocenters. The number of anilines is 1. The van der Waals surface area contributed by atoms with Gasteiger partial charge in [-0.3, -0.25) is 14.4 Å². The monoisotopic (exact) mass is 587 g/mol. The van der Waals surface area contributed by atoms with Gasteiger partial charge < -0.3 is 35.3 Å². The van der Waals surface area contributed by atoms with Crippen LogP contribution in [0, 0.1) is 0 Å². The van der Waals surface area contributed by atoms with Gasteiger partial charge in [-0.1, -0.05) is 6.07 Å². The number of thioether (sulfide) groups is 1. The number of carboxylic acid groups (broad SMARTS) is 1. The van der Waals surface area contributed by atoms with E-state index in [9.17, 15) is 24.3 Å². The van der Waals surface area contributed by atoms with E-state index in [0.717, 1.165) is 5.56 Å². The Labute approximate surface area is 243 Å². The fourth-order valence-electron chi connectivity index (χ4n) is 4.92. The van der Waals surface area contributed by atoms with Crippen LogP contribution < -0.4 is 35.6 Å². The number of amides is 2. The molecule has 41 heavy (non-hydrogen) atoms. The van der Waals surface area contributed by atoms with Gasteiger partial charge in [0.05, 0.1) is 33.1 Å². The van der Waals surface area contributed by atoms with Gasteiger partial charge in [0.1, 0.15) is 12.1 Å². The van der Waals surface area contributed by atoms with Crippen LogP contribution in [0.15, 0.2) is 29.1 Å². The third-order valence-electron chi connectivity index (χ3n) is 6.91. The van der Waals surface area contributed by atoms with Crippen molar-refractivity contribution in [3.8, 4) is 28.4 Å². The summed E-state index contributed by atoms with van der Waals surface area (Å²) in [5, 5.41) is 17.9. The van der Waals surface area contributed by atoms with Crippen LogP contribution in [0.5, 0.6) is 17.2 Å². The summed E-state index contributed by atoms with van der Waals surface area (Å²) in [5.74, 6) is -0.0328. The van der Waals surface area contributed by atoms with Crippen LogP contribution in [-0.4, -0.2) is 68.3 Å². The van der Waals surface area contributed by atoms with E-state index < -0.39 is 35.4 Å². The molecule has 2 amide bonds. The van der Waals surface area contributed by atoms with Crippen molar-refractivity contribution >= 4 is 35.2 Å². The Morgan fingerprint density at radius 1 is 1.10 bits per heavy atom. The minimum Gasteiger partial charge on any atom is -0.493 e. The van der Waals surface area contributed by atoms with E-state index in [1.165, 1.54) is 46.1 Å². The maximum atomic E-state index is 13.5. The molecule has 2 aromatic rings. The van der Waals surface area contributed by atoms with E-state index in [0.29, 0.717) is 52.5 Å². The highest BCUT2D eigenvalue weighted by Crippen LogP contribution is 2.50. The number of benzene rings is 1. The van der Waals surface area contributed by atoms with Crippen molar-refractivity contribution in [1.29, 1.82) is 0 Å². The molecule has 222 valence electrons. The molecule has 4 N–H and O–H groups in total. The second-order valence-corrected chi connectivity index (χ2v) is 10.6. The van der Waals surface area contributed by atoms with E-state index in [1.54, 1.807) is 19.1 Å². The number of methoxy groups -OCH3 is 3. The summed E-state index contributed by atoms with van der Waals surface area (Å²) in [6.07, 6.45) is 3.20. The number of fused-ring (bicyclic) bond motifs is 3. The molecule has 0 radical (unpaired) electrons. The summed E-state index contributed by atoms with van der Waals surface area (Å²) in [7, 11) is 4.57. The zero-order valence-corrected chi connectivity index (χ0v) is 24.9. The first-order valence-electron chi connectivity index (χ1n) is 13.1. The van der Waals surface area contributed by atoms with Gasteiger partial charge in [0.2, 0.25) is 23.0 Å². The van der Waals surface area contributed by atoms with Crippen LogP contribution in [0.1, 0.15) is 43.9 Å². The van der Waals surface area contributed by atoms with Crippen LogP contribution in [-0.2, 0) is 20.8 Å². The number of hydrogen-bond donors (Lipinski definition) is 4. The lowest BCUT2D eigenvalue weighted by molar-refractivity contribution is -0.141. The Morgan fingerprint density at radius 2 is 1.80 bits per heavy atom. The normalized spacial score (nSPS) is 15.2. The molecule has 3 atom stereocenters. The highest BCUT2D eigenvalue weighted by Gasteiger charge is 2.30. The Kier molecular flexibility index (Phi) is 10.9. The van der Waals surface area contributed by atoms with Crippen LogP contribution in [0.25, 0.3) is 11.1 Å². The molecule has 0 saturated heterocycles. The van der Waals surface area contributed by atoms with Gasteiger partial charge >= 0.3 is 5.97 Å². The summed E-state index contributed by atoms with van der Waals surface area (Å²) in [4.78, 5) is 50.0. The van der Waals surface area contributed by atoms with Gasteiger partial charge in [0, 0.05) is 12.5 Å². The van der Waals surface area contributed by atoms with E-state index in [1.807, 2.05) is 12.3 Å². The lowest BCUT2D eigenvalue weighted by Crippen LogP contribution is -2.47. The summed E-state index contributed by atoms with van der Waals surface area (Å²) in [6, 6.07) is 4.22. The van der Waals surface area contributed by atoms with E-state index in [4.69, 9.17) is 14.2 Å². The van der Waals surface area contributed by atoms with Gasteiger partial charge in [-0.2, -0.15) is 11.8 Å². The molecule has 0 spiro atoms. The number of aryl methyl sites for hydroxylation is 1. The SMILES string of the molecule is COc1cc2c(c(OC)c1OC)-c1ccc(N[C@H](C)C(=O)N[C@H](CCSC)C(=O)O)c(=O)cc1[C@H](NC(C)=O)CC2. The average Bonchev–Trinajstić information content (AvgIpc) is 3.18. The molecule has 1 aliphatic rings. The molecule has 2 aromatic carbocycles. The van der Waals surface area contributed by atoms with Gasteiger partial charge in [-0.25, -0.2) is 4.79 Å². The molecule has 11 nitrogen and oxygen atoms in total. The Morgan fingerprint density at radius 3 is 2.39 bits per heavy atom. The Balaban J connectivity index is 2.11. The average molecular weight is 588 g/mol. The van der Waals surface area contributed by atoms with Gasteiger partial charge in [0.25, 0.3) is 0 Å². The summed E-state index contributed by atoms with van der Waals surface area (Å²) < 4.78 is 16.9. The molecule has 0 saturated carbocycles. The van der Waals surface area contributed by atoms with E-state index in [2.05, 4.69) is 16.0 Å². The van der Waals surface area contributed by atoms with Crippen molar-refractivity contribution < 1.29 is 33.7 Å². The van der Waals surface area contributed by atoms with Crippen LogP contribution in [0.3, 0.4) is 0 Å². The molecule has 0 aliphatic heterocycles. The number of carbonyl (C=O) groups excluding carboxylic acids is 2. The fourth-order valence-corrected chi connectivity index (χ4v) is 5.39. The summed E-state index contributed by atoms with van der Waals surface area (Å²) in [5.41, 5.74) is 2.57. The summed E-state index contributed by atoms with van der Waals surface area (Å²) >= 11 is 1.48. The standard InChI is InChI=1S/C29H37N3O8S/c1-15(28(35)32-22(29(36)37)11-12-41-6)30-21-10-8-18-19(14-23(21)34)20(31-16(2)33)9-7-17-13-24(38-3)26(39-4)27(40-5)25(17)18/h8,10,13-15,20,22H,7,9,11-12H2,1-6H3,(H,30,34)(H,31,33)(H,32,35)(H,36,37)/t15-,20-,22-/m1/s1. The number of rotatable bonds is 12. The number of aliphatic carboxylic acids is 1. The van der Waals surface area contributed by atoms with Gasteiger partial charge in [-0.15, -0.1) is 0 Å². The molecule has 3 rings (SSSR count). The highest BCUT2D eigenvalue weighted by atomic mass is 32.2. The zero-order valence-electron chi connectivity index (χ0n) is 24.1. The molecule has 0 heterocycles. The fraction of sp³-hybridized carbons (Fsp3) is 0.448. The minimum atomic E-state index is -1.12. The van der Waals surface area contributed by atoms with Gasteiger partial charge in [0.15, 0.2) is 11.5 Å². The van der Waals surface area contributed by atoms with Crippen LogP contribution in [0.2, 0.25) is 0 Å². The lowest BCUT2D eigenvalue weighted by atomic mass is 9.95. The summed E-state index contributed by atoms with van der Waals surface area (Å²) in [6.45, 7) is 2.97. The first-order valence-corrected chi connectivity index (χ1v) is 14.5. The third kappa shape index (κ3) is 7.24. The predicted octanol–water partition coefficient (Wildman–Crippen LogP) is 2.99. The van der Waals surface area contributed by atoms with E-state index >= 15 is 0 Å². The minimum absolute atomic E-state index is 0.138. The molecule has 0 fully saturated rings. The van der Waals surface area contributed by atoms with Crippen molar-refractivity contribution in [2.75, 3.05) is 38.7 Å². The first kappa shape index (κ1) is 31.6. The van der Waals surface area contributed by atoms with Crippen molar-refractivity contribution in [2.24, 2.45) is 0 Å². The Hall–Kier alpha value is -3.93. The molecular weight excluding hydrogens is 550 g/mol. The molecular formula is C29H37N3O8S. The number of nitrogens with one attached hydrogen (secondary N) is 3. The van der Waals surface area contributed by atoms with Crippen molar-refractivity contribution in [2.45, 2.75) is 51.2 Å². The number of ether oxygens (including phenoxy) is 3. The van der Waals surface area contributed by atoms with Crippen LogP contribution >= 0.6 is 11.8 Å². The number of carbonyl (C=O) groups is 3. The van der Waals surface area contributed by atoms with Crippen molar-refractivity contribution in [1.82, 2.24) is 10.6 Å².